The number of nitrogens with zero attached hydrogens (tertiary/aromatic N) is 1. The molecule has 2 aromatic carbocycles. The van der Waals surface area contributed by atoms with Crippen molar-refractivity contribution in [3.8, 4) is 11.5 Å². The molecule has 0 saturated carbocycles. The number of benzene rings is 2. The van der Waals surface area contributed by atoms with Gasteiger partial charge in [-0.3, -0.25) is 10.2 Å². The zero-order valence-corrected chi connectivity index (χ0v) is 12.9. The van der Waals surface area contributed by atoms with Gasteiger partial charge in [0.05, 0.1) is 5.25 Å². The van der Waals surface area contributed by atoms with Crippen LogP contribution >= 0.6 is 11.8 Å². The maximum Gasteiger partial charge on any atom is 0.239 e. The number of amides is 1. The Labute approximate surface area is 136 Å². The lowest BCUT2D eigenvalue weighted by Crippen LogP contribution is -2.25. The highest BCUT2D eigenvalue weighted by atomic mass is 32.2. The second-order valence-electron chi connectivity index (χ2n) is 5.32. The molecule has 5 nitrogen and oxygen atoms in total. The van der Waals surface area contributed by atoms with Gasteiger partial charge in [0.1, 0.15) is 5.52 Å². The Kier molecular flexibility index (Phi) is 3.38. The maximum atomic E-state index is 11.7. The molecule has 1 saturated heterocycles. The lowest BCUT2D eigenvalue weighted by Gasteiger charge is -2.04. The summed E-state index contributed by atoms with van der Waals surface area (Å²) in [5.41, 5.74) is 3.45. The molecule has 1 aliphatic heterocycles. The highest BCUT2D eigenvalue weighted by molar-refractivity contribution is 8.15. The zero-order valence-electron chi connectivity index (χ0n) is 12.1. The molecule has 1 aliphatic rings. The number of hydrogen-bond acceptors (Lipinski definition) is 5. The molecule has 4 rings (SSSR count). The van der Waals surface area contributed by atoms with Crippen LogP contribution in [0.3, 0.4) is 0 Å². The quantitative estimate of drug-likeness (QED) is 0.776. The van der Waals surface area contributed by atoms with E-state index in [1.165, 1.54) is 11.8 Å². The number of nitrogens with one attached hydrogen (secondary N) is 2. The molecule has 6 heteroatoms. The number of amidine groups is 1. The minimum Gasteiger partial charge on any atom is -0.436 e. The molecule has 2 heterocycles. The fourth-order valence-electron chi connectivity index (χ4n) is 2.57. The molecule has 1 aromatic heterocycles. The predicted octanol–water partition coefficient (Wildman–Crippen LogP) is 3.20. The van der Waals surface area contributed by atoms with Gasteiger partial charge in [0.2, 0.25) is 11.8 Å². The average molecular weight is 323 g/mol. The summed E-state index contributed by atoms with van der Waals surface area (Å²) in [5.74, 6) is 0.484. The predicted molar refractivity (Wildman–Crippen MR) is 90.4 cm³/mol. The number of fused-ring (bicyclic) bond motifs is 1. The van der Waals surface area contributed by atoms with E-state index < -0.39 is 0 Å². The molecule has 114 valence electrons. The molecule has 1 atom stereocenters. The summed E-state index contributed by atoms with van der Waals surface area (Å²) in [6, 6.07) is 15.5. The Bertz CT molecular complexity index is 905. The highest BCUT2D eigenvalue weighted by Crippen LogP contribution is 2.27. The Morgan fingerprint density at radius 3 is 2.78 bits per heavy atom. The third-order valence-electron chi connectivity index (χ3n) is 3.68. The molecular formula is C17H13N3O2S. The van der Waals surface area contributed by atoms with Crippen LogP contribution in [0.15, 0.2) is 52.9 Å². The topological polar surface area (TPSA) is 79.0 Å². The van der Waals surface area contributed by atoms with Gasteiger partial charge in [0, 0.05) is 5.56 Å². The van der Waals surface area contributed by atoms with Crippen molar-refractivity contribution in [2.75, 3.05) is 0 Å². The molecular weight excluding hydrogens is 310 g/mol. The molecule has 23 heavy (non-hydrogen) atoms. The fraction of sp³-hybridized carbons (Fsp3) is 0.118. The number of carbonyl (C=O) groups excluding carboxylic acids is 1. The van der Waals surface area contributed by atoms with E-state index >= 15 is 0 Å². The number of carbonyl (C=O) groups is 1. The summed E-state index contributed by atoms with van der Waals surface area (Å²) >= 11 is 1.25. The van der Waals surface area contributed by atoms with Crippen LogP contribution in [0, 0.1) is 5.41 Å². The molecule has 1 fully saturated rings. The monoisotopic (exact) mass is 323 g/mol. The van der Waals surface area contributed by atoms with Crippen molar-refractivity contribution in [3.05, 3.63) is 54.1 Å². The van der Waals surface area contributed by atoms with E-state index in [9.17, 15) is 4.79 Å². The molecule has 0 bridgehead atoms. The van der Waals surface area contributed by atoms with Gasteiger partial charge in [-0.25, -0.2) is 4.98 Å². The average Bonchev–Trinajstić information content (AvgIpc) is 3.11. The van der Waals surface area contributed by atoms with Crippen LogP contribution in [-0.4, -0.2) is 21.3 Å². The van der Waals surface area contributed by atoms with Gasteiger partial charge in [-0.15, -0.1) is 0 Å². The number of hydrogen-bond donors (Lipinski definition) is 2. The van der Waals surface area contributed by atoms with Crippen molar-refractivity contribution < 1.29 is 9.21 Å². The third-order valence-corrected chi connectivity index (χ3v) is 4.69. The Morgan fingerprint density at radius 1 is 1.22 bits per heavy atom. The summed E-state index contributed by atoms with van der Waals surface area (Å²) in [6.07, 6.45) is 0.572. The van der Waals surface area contributed by atoms with Gasteiger partial charge in [0.25, 0.3) is 0 Å². The molecule has 1 amide bonds. The highest BCUT2D eigenvalue weighted by Gasteiger charge is 2.29. The first-order valence-electron chi connectivity index (χ1n) is 7.20. The summed E-state index contributed by atoms with van der Waals surface area (Å²) in [5, 5.41) is 10.00. The van der Waals surface area contributed by atoms with Crippen molar-refractivity contribution >= 4 is 33.9 Å². The van der Waals surface area contributed by atoms with E-state index in [0.717, 1.165) is 22.2 Å². The van der Waals surface area contributed by atoms with Crippen LogP contribution in [0.2, 0.25) is 0 Å². The fourth-order valence-corrected chi connectivity index (χ4v) is 3.46. The van der Waals surface area contributed by atoms with E-state index in [1.54, 1.807) is 0 Å². The van der Waals surface area contributed by atoms with Gasteiger partial charge < -0.3 is 9.73 Å². The van der Waals surface area contributed by atoms with Gasteiger partial charge in [0.15, 0.2) is 10.8 Å². The number of oxazole rings is 1. The second kappa shape index (κ2) is 5.55. The first-order valence-corrected chi connectivity index (χ1v) is 8.08. The SMILES string of the molecule is N=C1NC(=O)C(Cc2ccc3oc(-c4ccccc4)nc3c2)S1. The van der Waals surface area contributed by atoms with Crippen LogP contribution in [0.5, 0.6) is 0 Å². The molecule has 3 aromatic rings. The molecule has 0 aliphatic carbocycles. The van der Waals surface area contributed by atoms with Crippen molar-refractivity contribution in [3.63, 3.8) is 0 Å². The minimum absolute atomic E-state index is 0.106. The standard InChI is InChI=1S/C17H13N3O2S/c18-17-20-15(21)14(23-17)9-10-6-7-13-12(8-10)19-16(22-13)11-4-2-1-3-5-11/h1-8,14H,9H2,(H2,18,20,21). The van der Waals surface area contributed by atoms with Crippen molar-refractivity contribution in [1.82, 2.24) is 10.3 Å². The summed E-state index contributed by atoms with van der Waals surface area (Å²) in [4.78, 5) is 16.3. The summed E-state index contributed by atoms with van der Waals surface area (Å²) in [6.45, 7) is 0. The first-order chi connectivity index (χ1) is 11.2. The van der Waals surface area contributed by atoms with Gasteiger partial charge in [-0.2, -0.15) is 0 Å². The minimum atomic E-state index is -0.250. The Balaban J connectivity index is 1.63. The molecule has 2 N–H and O–H groups in total. The van der Waals surface area contributed by atoms with E-state index in [4.69, 9.17) is 9.83 Å². The van der Waals surface area contributed by atoms with E-state index in [2.05, 4.69) is 10.3 Å². The summed E-state index contributed by atoms with van der Waals surface area (Å²) in [7, 11) is 0. The number of thioether (sulfide) groups is 1. The van der Waals surface area contributed by atoms with Gasteiger partial charge in [-0.05, 0) is 36.2 Å². The van der Waals surface area contributed by atoms with Crippen molar-refractivity contribution in [2.24, 2.45) is 0 Å². The molecule has 0 radical (unpaired) electrons. The van der Waals surface area contributed by atoms with Crippen LogP contribution in [0.25, 0.3) is 22.6 Å². The maximum absolute atomic E-state index is 11.7. The Hall–Kier alpha value is -2.60. The van der Waals surface area contributed by atoms with E-state index in [-0.39, 0.29) is 16.3 Å². The number of rotatable bonds is 3. The van der Waals surface area contributed by atoms with Crippen LogP contribution in [-0.2, 0) is 11.2 Å². The van der Waals surface area contributed by atoms with Crippen LogP contribution < -0.4 is 5.32 Å². The van der Waals surface area contributed by atoms with Crippen LogP contribution in [0.1, 0.15) is 5.56 Å². The lowest BCUT2D eigenvalue weighted by molar-refractivity contribution is -0.118. The van der Waals surface area contributed by atoms with E-state index in [0.29, 0.717) is 12.3 Å². The van der Waals surface area contributed by atoms with Gasteiger partial charge >= 0.3 is 0 Å². The zero-order chi connectivity index (χ0) is 15.8. The van der Waals surface area contributed by atoms with Crippen LogP contribution in [0.4, 0.5) is 0 Å². The van der Waals surface area contributed by atoms with E-state index in [1.807, 2.05) is 48.5 Å². The third kappa shape index (κ3) is 2.73. The second-order valence-corrected chi connectivity index (χ2v) is 6.53. The largest absolute Gasteiger partial charge is 0.436 e. The van der Waals surface area contributed by atoms with Crippen molar-refractivity contribution in [1.29, 1.82) is 5.41 Å². The smallest absolute Gasteiger partial charge is 0.239 e. The number of aromatic nitrogens is 1. The summed E-state index contributed by atoms with van der Waals surface area (Å²) < 4.78 is 5.79. The molecule has 1 unspecified atom stereocenters. The Morgan fingerprint density at radius 2 is 2.04 bits per heavy atom. The van der Waals surface area contributed by atoms with Gasteiger partial charge in [-0.1, -0.05) is 36.0 Å². The van der Waals surface area contributed by atoms with Crippen molar-refractivity contribution in [2.45, 2.75) is 11.7 Å². The lowest BCUT2D eigenvalue weighted by atomic mass is 10.1. The molecule has 0 spiro atoms. The first kappa shape index (κ1) is 14.0. The normalized spacial score (nSPS) is 17.7.